The Morgan fingerprint density at radius 2 is 2.06 bits per heavy atom. The zero-order valence-electron chi connectivity index (χ0n) is 10.9. The van der Waals surface area contributed by atoms with Crippen LogP contribution in [0.4, 0.5) is 16.2 Å². The second-order valence-corrected chi connectivity index (χ2v) is 4.91. The van der Waals surface area contributed by atoms with E-state index in [4.69, 9.17) is 4.74 Å². The number of hydrogen-bond donors (Lipinski definition) is 1. The van der Waals surface area contributed by atoms with Gasteiger partial charge in [0, 0.05) is 20.3 Å². The molecule has 0 aliphatic heterocycles. The number of carbonyl (C=O) groups is 1. The lowest BCUT2D eigenvalue weighted by Gasteiger charge is -2.21. The molecule has 0 spiro atoms. The number of carbonyl (C=O) groups excluding carboxylic acids is 1. The predicted octanol–water partition coefficient (Wildman–Crippen LogP) is 2.49. The minimum Gasteiger partial charge on any atom is -0.444 e. The van der Waals surface area contributed by atoms with Crippen LogP contribution in [0.25, 0.3) is 0 Å². The molecule has 0 saturated carbocycles. The van der Waals surface area contributed by atoms with Gasteiger partial charge in [-0.15, -0.1) is 0 Å². The molecule has 0 aliphatic carbocycles. The Labute approximate surface area is 102 Å². The average Bonchev–Trinajstić information content (AvgIpc) is 2.14. The van der Waals surface area contributed by atoms with E-state index in [1.54, 1.807) is 12.4 Å². The van der Waals surface area contributed by atoms with E-state index >= 15 is 0 Å². The van der Waals surface area contributed by atoms with E-state index in [1.807, 2.05) is 45.8 Å². The Morgan fingerprint density at radius 3 is 2.59 bits per heavy atom. The fourth-order valence-electron chi connectivity index (χ4n) is 1.29. The van der Waals surface area contributed by atoms with Gasteiger partial charge in [-0.25, -0.2) is 4.79 Å². The van der Waals surface area contributed by atoms with Crippen LogP contribution in [0.5, 0.6) is 0 Å². The number of anilines is 2. The number of pyridine rings is 1. The third-order valence-corrected chi connectivity index (χ3v) is 1.92. The fraction of sp³-hybridized carbons (Fsp3) is 0.500. The number of nitrogens with zero attached hydrogens (tertiary/aromatic N) is 2. The average molecular weight is 237 g/mol. The van der Waals surface area contributed by atoms with Gasteiger partial charge in [0.15, 0.2) is 0 Å². The van der Waals surface area contributed by atoms with Crippen LogP contribution < -0.4 is 10.2 Å². The molecule has 1 aromatic heterocycles. The molecule has 0 radical (unpaired) electrons. The molecular formula is C12H19N3O2. The molecule has 0 atom stereocenters. The fourth-order valence-corrected chi connectivity index (χ4v) is 1.29. The summed E-state index contributed by atoms with van der Waals surface area (Å²) in [6.07, 6.45) is 2.79. The van der Waals surface area contributed by atoms with Gasteiger partial charge in [0.25, 0.3) is 0 Å². The number of aromatic nitrogens is 1. The summed E-state index contributed by atoms with van der Waals surface area (Å²) in [6.45, 7) is 5.47. The van der Waals surface area contributed by atoms with E-state index in [2.05, 4.69) is 10.3 Å². The molecule has 1 aromatic rings. The van der Waals surface area contributed by atoms with E-state index < -0.39 is 11.7 Å². The van der Waals surface area contributed by atoms with E-state index in [0.717, 1.165) is 5.69 Å². The number of ether oxygens (including phenoxy) is 1. The van der Waals surface area contributed by atoms with Gasteiger partial charge in [-0.1, -0.05) is 0 Å². The molecule has 1 amide bonds. The summed E-state index contributed by atoms with van der Waals surface area (Å²) in [4.78, 5) is 17.5. The third-order valence-electron chi connectivity index (χ3n) is 1.92. The van der Waals surface area contributed by atoms with Gasteiger partial charge in [0.1, 0.15) is 5.60 Å². The Hall–Kier alpha value is -1.78. The van der Waals surface area contributed by atoms with Crippen LogP contribution >= 0.6 is 0 Å². The molecule has 0 aliphatic rings. The lowest BCUT2D eigenvalue weighted by Crippen LogP contribution is -2.27. The van der Waals surface area contributed by atoms with E-state index in [9.17, 15) is 4.79 Å². The highest BCUT2D eigenvalue weighted by Gasteiger charge is 2.17. The SMILES string of the molecule is CN(C)c1ccncc1NC(=O)OC(C)(C)C. The van der Waals surface area contributed by atoms with Crippen molar-refractivity contribution in [1.82, 2.24) is 4.98 Å². The third kappa shape index (κ3) is 4.30. The summed E-state index contributed by atoms with van der Waals surface area (Å²) in [5.41, 5.74) is 1.00. The lowest BCUT2D eigenvalue weighted by atomic mass is 10.2. The quantitative estimate of drug-likeness (QED) is 0.858. The summed E-state index contributed by atoms with van der Waals surface area (Å²) in [7, 11) is 3.80. The largest absolute Gasteiger partial charge is 0.444 e. The van der Waals surface area contributed by atoms with Gasteiger partial charge in [-0.2, -0.15) is 0 Å². The molecular weight excluding hydrogens is 218 g/mol. The van der Waals surface area contributed by atoms with E-state index in [1.165, 1.54) is 0 Å². The van der Waals surface area contributed by atoms with E-state index in [0.29, 0.717) is 5.69 Å². The molecule has 5 heteroatoms. The summed E-state index contributed by atoms with van der Waals surface area (Å²) in [6, 6.07) is 1.83. The Bertz CT molecular complexity index is 397. The number of hydrogen-bond acceptors (Lipinski definition) is 4. The highest BCUT2D eigenvalue weighted by Crippen LogP contribution is 2.22. The highest BCUT2D eigenvalue weighted by molar-refractivity contribution is 5.89. The zero-order chi connectivity index (χ0) is 13.1. The summed E-state index contributed by atoms with van der Waals surface area (Å²) < 4.78 is 5.18. The molecule has 0 aromatic carbocycles. The maximum Gasteiger partial charge on any atom is 0.412 e. The molecule has 94 valence electrons. The normalized spacial score (nSPS) is 10.9. The maximum atomic E-state index is 11.6. The smallest absolute Gasteiger partial charge is 0.412 e. The van der Waals surface area contributed by atoms with Crippen molar-refractivity contribution in [3.63, 3.8) is 0 Å². The van der Waals surface area contributed by atoms with Crippen molar-refractivity contribution in [2.75, 3.05) is 24.3 Å². The van der Waals surface area contributed by atoms with Crippen molar-refractivity contribution in [2.45, 2.75) is 26.4 Å². The zero-order valence-corrected chi connectivity index (χ0v) is 10.9. The van der Waals surface area contributed by atoms with Crippen molar-refractivity contribution >= 4 is 17.5 Å². The van der Waals surface area contributed by atoms with Crippen LogP contribution in [0.15, 0.2) is 18.5 Å². The van der Waals surface area contributed by atoms with Crippen LogP contribution in [-0.4, -0.2) is 30.8 Å². The van der Waals surface area contributed by atoms with Gasteiger partial charge in [-0.05, 0) is 26.8 Å². The van der Waals surface area contributed by atoms with Crippen molar-refractivity contribution in [2.24, 2.45) is 0 Å². The minimum atomic E-state index is -0.509. The van der Waals surface area contributed by atoms with Crippen molar-refractivity contribution < 1.29 is 9.53 Å². The Kier molecular flexibility index (Phi) is 3.93. The van der Waals surface area contributed by atoms with Gasteiger partial charge in [0.05, 0.1) is 17.6 Å². The highest BCUT2D eigenvalue weighted by atomic mass is 16.6. The first kappa shape index (κ1) is 13.3. The first-order valence-electron chi connectivity index (χ1n) is 5.41. The monoisotopic (exact) mass is 237 g/mol. The number of nitrogens with one attached hydrogen (secondary N) is 1. The summed E-state index contributed by atoms with van der Waals surface area (Å²) in [5.74, 6) is 0. The molecule has 1 rings (SSSR count). The van der Waals surface area contributed by atoms with Crippen molar-refractivity contribution in [3.8, 4) is 0 Å². The van der Waals surface area contributed by atoms with Gasteiger partial charge >= 0.3 is 6.09 Å². The molecule has 0 bridgehead atoms. The predicted molar refractivity (Wildman–Crippen MR) is 68.4 cm³/mol. The first-order chi connectivity index (χ1) is 7.79. The maximum absolute atomic E-state index is 11.6. The second-order valence-electron chi connectivity index (χ2n) is 4.91. The topological polar surface area (TPSA) is 54.5 Å². The lowest BCUT2D eigenvalue weighted by molar-refractivity contribution is 0.0636. The van der Waals surface area contributed by atoms with Crippen molar-refractivity contribution in [3.05, 3.63) is 18.5 Å². The van der Waals surface area contributed by atoms with E-state index in [-0.39, 0.29) is 0 Å². The van der Waals surface area contributed by atoms with Gasteiger partial charge in [-0.3, -0.25) is 10.3 Å². The van der Waals surface area contributed by atoms with Crippen LogP contribution in [0.2, 0.25) is 0 Å². The van der Waals surface area contributed by atoms with Crippen LogP contribution in [0.1, 0.15) is 20.8 Å². The van der Waals surface area contributed by atoms with Gasteiger partial charge < -0.3 is 9.64 Å². The molecule has 17 heavy (non-hydrogen) atoms. The molecule has 0 unspecified atom stereocenters. The Morgan fingerprint density at radius 1 is 1.41 bits per heavy atom. The minimum absolute atomic E-state index is 0.478. The van der Waals surface area contributed by atoms with Crippen molar-refractivity contribution in [1.29, 1.82) is 0 Å². The van der Waals surface area contributed by atoms with Crippen LogP contribution in [0, 0.1) is 0 Å². The summed E-state index contributed by atoms with van der Waals surface area (Å²) in [5, 5.41) is 2.68. The Balaban J connectivity index is 2.78. The second kappa shape index (κ2) is 5.03. The summed E-state index contributed by atoms with van der Waals surface area (Å²) >= 11 is 0. The number of rotatable bonds is 2. The molecule has 1 N–H and O–H groups in total. The van der Waals surface area contributed by atoms with Gasteiger partial charge in [0.2, 0.25) is 0 Å². The number of amides is 1. The molecule has 0 fully saturated rings. The molecule has 0 saturated heterocycles. The van der Waals surface area contributed by atoms with Crippen LogP contribution in [0.3, 0.4) is 0 Å². The molecule has 1 heterocycles. The standard InChI is InChI=1S/C12H19N3O2/c1-12(2,3)17-11(16)14-9-8-13-7-6-10(9)15(4)5/h6-8H,1-5H3,(H,14,16). The first-order valence-corrected chi connectivity index (χ1v) is 5.41. The van der Waals surface area contributed by atoms with Crippen LogP contribution in [-0.2, 0) is 4.74 Å². The molecule has 5 nitrogen and oxygen atoms in total.